The van der Waals surface area contributed by atoms with Gasteiger partial charge < -0.3 is 14.8 Å². The fraction of sp³-hybridized carbons (Fsp3) is 0.174. The Morgan fingerprint density at radius 3 is 2.53 bits per heavy atom. The molecule has 7 nitrogen and oxygen atoms in total. The lowest BCUT2D eigenvalue weighted by atomic mass is 9.94. The van der Waals surface area contributed by atoms with Crippen LogP contribution in [0.2, 0.25) is 5.02 Å². The Kier molecular flexibility index (Phi) is 4.88. The molecular weight excluding hydrogens is 452 g/mol. The highest BCUT2D eigenvalue weighted by Gasteiger charge is 2.51. The lowest BCUT2D eigenvalue weighted by Gasteiger charge is -2.17. The molecule has 2 aliphatic rings. The Bertz CT molecular complexity index is 1350. The van der Waals surface area contributed by atoms with Crippen molar-refractivity contribution in [1.82, 2.24) is 0 Å². The highest BCUT2D eigenvalue weighted by molar-refractivity contribution is 7.89. The molecule has 0 aromatic heterocycles. The molecule has 3 aromatic carbocycles. The number of carbonyl (C=O) groups is 1. The highest BCUT2D eigenvalue weighted by Crippen LogP contribution is 2.51. The van der Waals surface area contributed by atoms with Gasteiger partial charge in [0, 0.05) is 16.3 Å². The van der Waals surface area contributed by atoms with Gasteiger partial charge in [-0.3, -0.25) is 4.79 Å². The largest absolute Gasteiger partial charge is 0.454 e. The standard InChI is InChI=1S/C23H19ClN2O5S/c24-19-6-5-16(12-18(19)14-2-1-3-17(10-14)32(25,28)29)26-22(27)23(8-9-23)15-4-7-20-21(11-15)31-13-30-20/h1-7,10-12H,8-9,13H2,(H,26,27)(H2,25,28,29). The Hall–Kier alpha value is -3.07. The number of nitrogens with one attached hydrogen (secondary N) is 1. The van der Waals surface area contributed by atoms with E-state index in [1.54, 1.807) is 30.3 Å². The van der Waals surface area contributed by atoms with Gasteiger partial charge in [-0.15, -0.1) is 0 Å². The van der Waals surface area contributed by atoms with Gasteiger partial charge >= 0.3 is 0 Å². The van der Waals surface area contributed by atoms with E-state index < -0.39 is 15.4 Å². The molecule has 1 aliphatic carbocycles. The van der Waals surface area contributed by atoms with Crippen LogP contribution in [0.4, 0.5) is 5.69 Å². The summed E-state index contributed by atoms with van der Waals surface area (Å²) in [5, 5.41) is 8.65. The predicted octanol–water partition coefficient (Wildman–Crippen LogP) is 4.05. The van der Waals surface area contributed by atoms with E-state index in [4.69, 9.17) is 26.2 Å². The van der Waals surface area contributed by atoms with Gasteiger partial charge in [0.05, 0.1) is 10.3 Å². The summed E-state index contributed by atoms with van der Waals surface area (Å²) in [6.45, 7) is 0.179. The molecule has 3 aromatic rings. The lowest BCUT2D eigenvalue weighted by Crippen LogP contribution is -2.27. The van der Waals surface area contributed by atoms with Crippen LogP contribution in [0.15, 0.2) is 65.6 Å². The number of hydrogen-bond donors (Lipinski definition) is 2. The Morgan fingerprint density at radius 1 is 1.00 bits per heavy atom. The first-order valence-corrected chi connectivity index (χ1v) is 11.8. The first-order chi connectivity index (χ1) is 15.3. The van der Waals surface area contributed by atoms with Gasteiger partial charge in [0.25, 0.3) is 0 Å². The van der Waals surface area contributed by atoms with Crippen LogP contribution in [0.3, 0.4) is 0 Å². The normalized spacial score (nSPS) is 15.9. The summed E-state index contributed by atoms with van der Waals surface area (Å²) < 4.78 is 34.2. The molecule has 0 unspecified atom stereocenters. The number of amides is 1. The zero-order chi connectivity index (χ0) is 22.5. The summed E-state index contributed by atoms with van der Waals surface area (Å²) in [6.07, 6.45) is 1.46. The Labute approximate surface area is 190 Å². The molecule has 0 bridgehead atoms. The number of fused-ring (bicyclic) bond motifs is 1. The van der Waals surface area contributed by atoms with E-state index in [1.165, 1.54) is 12.1 Å². The summed E-state index contributed by atoms with van der Waals surface area (Å²) in [6, 6.07) is 16.9. The van der Waals surface area contributed by atoms with Crippen molar-refractivity contribution in [1.29, 1.82) is 0 Å². The second kappa shape index (κ2) is 7.51. The molecule has 0 radical (unpaired) electrons. The summed E-state index contributed by atoms with van der Waals surface area (Å²) in [5.74, 6) is 1.20. The summed E-state index contributed by atoms with van der Waals surface area (Å²) in [4.78, 5) is 13.2. The minimum atomic E-state index is -3.85. The van der Waals surface area contributed by atoms with Crippen LogP contribution in [0, 0.1) is 0 Å². The quantitative estimate of drug-likeness (QED) is 0.584. The average Bonchev–Trinajstić information content (AvgIpc) is 3.45. The second-order valence-electron chi connectivity index (χ2n) is 7.87. The summed E-state index contributed by atoms with van der Waals surface area (Å²) in [7, 11) is -3.85. The monoisotopic (exact) mass is 470 g/mol. The van der Waals surface area contributed by atoms with Gasteiger partial charge in [-0.05, 0) is 66.4 Å². The van der Waals surface area contributed by atoms with Crippen molar-refractivity contribution in [2.24, 2.45) is 5.14 Å². The fourth-order valence-electron chi connectivity index (χ4n) is 3.88. The molecule has 1 fully saturated rings. The molecule has 5 rings (SSSR count). The van der Waals surface area contributed by atoms with Crippen LogP contribution in [0.5, 0.6) is 11.5 Å². The number of rotatable bonds is 5. The first-order valence-electron chi connectivity index (χ1n) is 9.91. The van der Waals surface area contributed by atoms with Crippen molar-refractivity contribution < 1.29 is 22.7 Å². The van der Waals surface area contributed by atoms with Gasteiger partial charge in [-0.1, -0.05) is 29.8 Å². The number of carbonyl (C=O) groups excluding carboxylic acids is 1. The van der Waals surface area contributed by atoms with Crippen LogP contribution in [0.25, 0.3) is 11.1 Å². The van der Waals surface area contributed by atoms with E-state index in [9.17, 15) is 13.2 Å². The molecule has 164 valence electrons. The van der Waals surface area contributed by atoms with Crippen LogP contribution in [0.1, 0.15) is 18.4 Å². The predicted molar refractivity (Wildman–Crippen MR) is 120 cm³/mol. The smallest absolute Gasteiger partial charge is 0.238 e. The van der Waals surface area contributed by atoms with Crippen LogP contribution >= 0.6 is 11.6 Å². The maximum Gasteiger partial charge on any atom is 0.238 e. The van der Waals surface area contributed by atoms with Gasteiger partial charge in [0.1, 0.15) is 0 Å². The number of sulfonamides is 1. The zero-order valence-corrected chi connectivity index (χ0v) is 18.4. The van der Waals surface area contributed by atoms with E-state index in [1.807, 2.05) is 18.2 Å². The van der Waals surface area contributed by atoms with E-state index in [0.717, 1.165) is 18.4 Å². The van der Waals surface area contributed by atoms with Gasteiger partial charge in [-0.25, -0.2) is 13.6 Å². The van der Waals surface area contributed by atoms with E-state index in [-0.39, 0.29) is 17.6 Å². The molecule has 3 N–H and O–H groups in total. The molecule has 0 spiro atoms. The van der Waals surface area contributed by atoms with Crippen molar-refractivity contribution >= 4 is 33.2 Å². The van der Waals surface area contributed by atoms with Gasteiger partial charge in [0.15, 0.2) is 11.5 Å². The molecule has 1 amide bonds. The Morgan fingerprint density at radius 2 is 1.78 bits per heavy atom. The molecule has 32 heavy (non-hydrogen) atoms. The van der Waals surface area contributed by atoms with Crippen molar-refractivity contribution in [3.05, 3.63) is 71.2 Å². The third-order valence-corrected chi connectivity index (χ3v) is 7.05. The van der Waals surface area contributed by atoms with E-state index in [0.29, 0.717) is 33.3 Å². The van der Waals surface area contributed by atoms with Gasteiger partial charge in [0.2, 0.25) is 22.7 Å². The van der Waals surface area contributed by atoms with Crippen molar-refractivity contribution in [2.45, 2.75) is 23.2 Å². The van der Waals surface area contributed by atoms with Crippen molar-refractivity contribution in [2.75, 3.05) is 12.1 Å². The van der Waals surface area contributed by atoms with Gasteiger partial charge in [-0.2, -0.15) is 0 Å². The zero-order valence-electron chi connectivity index (χ0n) is 16.8. The second-order valence-corrected chi connectivity index (χ2v) is 9.84. The maximum atomic E-state index is 13.2. The third-order valence-electron chi connectivity index (χ3n) is 5.81. The minimum absolute atomic E-state index is 0.0137. The molecule has 1 aliphatic heterocycles. The number of anilines is 1. The number of nitrogens with two attached hydrogens (primary N) is 1. The average molecular weight is 471 g/mol. The number of ether oxygens (including phenoxy) is 2. The van der Waals surface area contributed by atoms with E-state index >= 15 is 0 Å². The van der Waals surface area contributed by atoms with Crippen LogP contribution in [-0.2, 0) is 20.2 Å². The number of hydrogen-bond acceptors (Lipinski definition) is 5. The van der Waals surface area contributed by atoms with E-state index in [2.05, 4.69) is 5.32 Å². The topological polar surface area (TPSA) is 108 Å². The fourth-order valence-corrected chi connectivity index (χ4v) is 4.67. The molecule has 0 atom stereocenters. The lowest BCUT2D eigenvalue weighted by molar-refractivity contribution is -0.118. The summed E-state index contributed by atoms with van der Waals surface area (Å²) in [5.41, 5.74) is 1.99. The first kappa shape index (κ1) is 20.8. The van der Waals surface area contributed by atoms with Crippen LogP contribution < -0.4 is 19.9 Å². The molecule has 1 saturated carbocycles. The number of benzene rings is 3. The van der Waals surface area contributed by atoms with Crippen molar-refractivity contribution in [3.63, 3.8) is 0 Å². The number of halogens is 1. The molecule has 1 heterocycles. The third kappa shape index (κ3) is 3.70. The molecule has 9 heteroatoms. The minimum Gasteiger partial charge on any atom is -0.454 e. The van der Waals surface area contributed by atoms with Crippen LogP contribution in [-0.4, -0.2) is 21.1 Å². The Balaban J connectivity index is 1.43. The SMILES string of the molecule is NS(=O)(=O)c1cccc(-c2cc(NC(=O)C3(c4ccc5c(c4)OCO5)CC3)ccc2Cl)c1. The maximum absolute atomic E-state index is 13.2. The highest BCUT2D eigenvalue weighted by atomic mass is 35.5. The number of primary sulfonamides is 1. The van der Waals surface area contributed by atoms with Crippen molar-refractivity contribution in [3.8, 4) is 22.6 Å². The molecular formula is C23H19ClN2O5S. The molecule has 0 saturated heterocycles. The summed E-state index contributed by atoms with van der Waals surface area (Å²) >= 11 is 6.37.